The number of aliphatic hydroxyl groups excluding tert-OH is 1. The molecule has 0 aliphatic carbocycles. The second-order valence-corrected chi connectivity index (χ2v) is 6.34. The van der Waals surface area contributed by atoms with Crippen LogP contribution in [0.25, 0.3) is 0 Å². The van der Waals surface area contributed by atoms with Crippen molar-refractivity contribution in [1.82, 2.24) is 0 Å². The minimum absolute atomic E-state index is 0.0652. The number of alkyl halides is 2. The monoisotopic (exact) mass is 314 g/mol. The zero-order chi connectivity index (χ0) is 16.0. The topological polar surface area (TPSA) is 58.9 Å². The molecule has 4 atom stereocenters. The van der Waals surface area contributed by atoms with Crippen LogP contribution in [0.5, 0.6) is 0 Å². The van der Waals surface area contributed by atoms with Crippen LogP contribution >= 0.6 is 0 Å². The summed E-state index contributed by atoms with van der Waals surface area (Å²) in [7, 11) is 0. The highest BCUT2D eigenvalue weighted by molar-refractivity contribution is 5.14. The normalized spacial score (nSPS) is 40.4. The van der Waals surface area contributed by atoms with E-state index in [9.17, 15) is 19.0 Å². The molecular weight excluding hydrogens is 294 g/mol. The number of ether oxygens (including phenoxy) is 2. The second kappa shape index (κ2) is 5.23. The third kappa shape index (κ3) is 2.34. The van der Waals surface area contributed by atoms with Gasteiger partial charge in [0.15, 0.2) is 6.10 Å². The minimum Gasteiger partial charge on any atom is -0.387 e. The molecule has 0 aromatic heterocycles. The molecule has 2 aliphatic heterocycles. The van der Waals surface area contributed by atoms with E-state index in [-0.39, 0.29) is 13.0 Å². The summed E-state index contributed by atoms with van der Waals surface area (Å²) in [5.41, 5.74) is -0.505. The minimum atomic E-state index is -3.68. The van der Waals surface area contributed by atoms with Gasteiger partial charge in [0.1, 0.15) is 6.10 Å². The predicted octanol–water partition coefficient (Wildman–Crippen LogP) is 2.23. The molecule has 2 N–H and O–H groups in total. The van der Waals surface area contributed by atoms with Crippen molar-refractivity contribution in [3.63, 3.8) is 0 Å². The van der Waals surface area contributed by atoms with E-state index in [2.05, 4.69) is 0 Å². The van der Waals surface area contributed by atoms with Gasteiger partial charge in [-0.3, -0.25) is 0 Å². The van der Waals surface area contributed by atoms with Gasteiger partial charge in [0.2, 0.25) is 5.79 Å². The lowest BCUT2D eigenvalue weighted by molar-refractivity contribution is -0.443. The lowest BCUT2D eigenvalue weighted by Crippen LogP contribution is -2.74. The van der Waals surface area contributed by atoms with Crippen molar-refractivity contribution in [2.24, 2.45) is 0 Å². The Labute approximate surface area is 127 Å². The van der Waals surface area contributed by atoms with Gasteiger partial charge in [-0.05, 0) is 25.3 Å². The van der Waals surface area contributed by atoms with Crippen LogP contribution in [0.2, 0.25) is 0 Å². The fourth-order valence-electron chi connectivity index (χ4n) is 3.31. The first-order chi connectivity index (χ1) is 10.3. The van der Waals surface area contributed by atoms with Gasteiger partial charge in [-0.2, -0.15) is 8.78 Å². The summed E-state index contributed by atoms with van der Waals surface area (Å²) in [6.45, 7) is 1.47. The van der Waals surface area contributed by atoms with Gasteiger partial charge >= 0.3 is 5.92 Å². The summed E-state index contributed by atoms with van der Waals surface area (Å²) in [6.07, 6.45) is -2.72. The first-order valence-corrected chi connectivity index (χ1v) is 7.42. The zero-order valence-electron chi connectivity index (χ0n) is 12.3. The molecule has 1 aromatic rings. The molecule has 3 rings (SSSR count). The van der Waals surface area contributed by atoms with Crippen molar-refractivity contribution >= 4 is 0 Å². The Morgan fingerprint density at radius 1 is 1.27 bits per heavy atom. The summed E-state index contributed by atoms with van der Waals surface area (Å²) in [6, 6.07) is 8.87. The van der Waals surface area contributed by atoms with E-state index >= 15 is 0 Å². The van der Waals surface area contributed by atoms with Crippen LogP contribution in [-0.2, 0) is 16.1 Å². The fraction of sp³-hybridized carbons (Fsp3) is 0.625. The number of halogens is 2. The molecule has 1 aromatic carbocycles. The van der Waals surface area contributed by atoms with Crippen molar-refractivity contribution in [2.75, 3.05) is 0 Å². The predicted molar refractivity (Wildman–Crippen MR) is 74.3 cm³/mol. The molecule has 0 radical (unpaired) electrons. The van der Waals surface area contributed by atoms with E-state index < -0.39 is 29.5 Å². The van der Waals surface area contributed by atoms with E-state index in [4.69, 9.17) is 9.47 Å². The summed E-state index contributed by atoms with van der Waals surface area (Å²) in [5, 5.41) is 20.5. The summed E-state index contributed by atoms with van der Waals surface area (Å²) >= 11 is 0. The van der Waals surface area contributed by atoms with Crippen LogP contribution in [0.1, 0.15) is 31.7 Å². The van der Waals surface area contributed by atoms with Crippen LogP contribution in [0.15, 0.2) is 30.3 Å². The third-order valence-electron chi connectivity index (χ3n) is 4.65. The molecule has 2 saturated heterocycles. The number of aliphatic hydroxyl groups is 2. The standard InChI is InChI=1S/C16H20F2O4/c1-14-8-5-9-15(20,22-14)16(17,18)13(12(14)19)21-10-11-6-3-2-4-7-11/h2-4,6-7,12-13,19-20H,5,8-10H2,1H3/t12-,13-,14+,15-/m1/s1. The van der Waals surface area contributed by atoms with E-state index in [0.717, 1.165) is 5.56 Å². The molecule has 2 aliphatic rings. The summed E-state index contributed by atoms with van der Waals surface area (Å²) in [5.74, 6) is -6.26. The molecule has 2 fully saturated rings. The van der Waals surface area contributed by atoms with Crippen molar-refractivity contribution in [1.29, 1.82) is 0 Å². The van der Waals surface area contributed by atoms with Gasteiger partial charge in [-0.15, -0.1) is 0 Å². The molecular formula is C16H20F2O4. The van der Waals surface area contributed by atoms with Crippen molar-refractivity contribution in [3.8, 4) is 0 Å². The van der Waals surface area contributed by atoms with E-state index in [1.54, 1.807) is 24.3 Å². The second-order valence-electron chi connectivity index (χ2n) is 6.34. The smallest absolute Gasteiger partial charge is 0.328 e. The lowest BCUT2D eigenvalue weighted by atomic mass is 9.75. The molecule has 4 nitrogen and oxygen atoms in total. The number of hydrogen-bond acceptors (Lipinski definition) is 4. The van der Waals surface area contributed by atoms with Gasteiger partial charge in [-0.25, -0.2) is 0 Å². The van der Waals surface area contributed by atoms with Crippen LogP contribution in [0.4, 0.5) is 8.78 Å². The Morgan fingerprint density at radius 2 is 1.95 bits per heavy atom. The highest BCUT2D eigenvalue weighted by Gasteiger charge is 2.71. The Kier molecular flexibility index (Phi) is 3.76. The Bertz CT molecular complexity index is 538. The highest BCUT2D eigenvalue weighted by atomic mass is 19.3. The molecule has 0 spiro atoms. The number of hydrogen-bond donors (Lipinski definition) is 2. The molecule has 0 amide bonds. The summed E-state index contributed by atoms with van der Waals surface area (Å²) in [4.78, 5) is 0. The summed E-state index contributed by atoms with van der Waals surface area (Å²) < 4.78 is 39.7. The molecule has 0 saturated carbocycles. The van der Waals surface area contributed by atoms with Crippen LogP contribution in [0, 0.1) is 0 Å². The van der Waals surface area contributed by atoms with Crippen molar-refractivity contribution in [2.45, 2.75) is 62.3 Å². The zero-order valence-corrected chi connectivity index (χ0v) is 12.3. The van der Waals surface area contributed by atoms with E-state index in [0.29, 0.717) is 12.8 Å². The average Bonchev–Trinajstić information content (AvgIpc) is 2.47. The number of benzene rings is 1. The van der Waals surface area contributed by atoms with Crippen molar-refractivity contribution < 1.29 is 28.5 Å². The Balaban J connectivity index is 1.84. The maximum Gasteiger partial charge on any atom is 0.328 e. The average molecular weight is 314 g/mol. The lowest BCUT2D eigenvalue weighted by Gasteiger charge is -2.56. The third-order valence-corrected chi connectivity index (χ3v) is 4.65. The van der Waals surface area contributed by atoms with Crippen molar-refractivity contribution in [3.05, 3.63) is 35.9 Å². The Hall–Kier alpha value is -1.08. The molecule has 2 bridgehead atoms. The largest absolute Gasteiger partial charge is 0.387 e. The van der Waals surface area contributed by atoms with Crippen LogP contribution < -0.4 is 0 Å². The fourth-order valence-corrected chi connectivity index (χ4v) is 3.31. The SMILES string of the molecule is C[C@@]12CCC[C@@](O)(O1)C(F)(F)[C@H](OCc1ccccc1)[C@H]2O. The maximum atomic E-state index is 14.6. The van der Waals surface area contributed by atoms with Crippen LogP contribution in [0.3, 0.4) is 0 Å². The van der Waals surface area contributed by atoms with E-state index in [1.165, 1.54) is 6.92 Å². The van der Waals surface area contributed by atoms with Gasteiger partial charge < -0.3 is 19.7 Å². The quantitative estimate of drug-likeness (QED) is 0.898. The van der Waals surface area contributed by atoms with Crippen LogP contribution in [-0.4, -0.2) is 39.7 Å². The van der Waals surface area contributed by atoms with Gasteiger partial charge in [-0.1, -0.05) is 30.3 Å². The van der Waals surface area contributed by atoms with Gasteiger partial charge in [0.05, 0.1) is 12.2 Å². The molecule has 0 unspecified atom stereocenters. The molecule has 2 heterocycles. The molecule has 122 valence electrons. The molecule has 6 heteroatoms. The van der Waals surface area contributed by atoms with Gasteiger partial charge in [0, 0.05) is 6.42 Å². The van der Waals surface area contributed by atoms with Gasteiger partial charge in [0.25, 0.3) is 0 Å². The maximum absolute atomic E-state index is 14.6. The first-order valence-electron chi connectivity index (χ1n) is 7.42. The van der Waals surface area contributed by atoms with E-state index in [1.807, 2.05) is 6.07 Å². The first kappa shape index (κ1) is 15.8. The number of rotatable bonds is 3. The highest BCUT2D eigenvalue weighted by Crippen LogP contribution is 2.52. The Morgan fingerprint density at radius 3 is 2.64 bits per heavy atom. The number of fused-ring (bicyclic) bond motifs is 2. The molecule has 22 heavy (non-hydrogen) atoms.